The summed E-state index contributed by atoms with van der Waals surface area (Å²) < 4.78 is 10.7. The topological polar surface area (TPSA) is 43.2 Å². The fourth-order valence-electron chi connectivity index (χ4n) is 3.71. The highest BCUT2D eigenvalue weighted by molar-refractivity contribution is 5.80. The molecular weight excluding hydrogens is 312 g/mol. The molecule has 3 rings (SSSR count). The summed E-state index contributed by atoms with van der Waals surface area (Å²) in [5.41, 5.74) is 0. The van der Waals surface area contributed by atoms with Crippen LogP contribution in [0, 0.1) is 5.92 Å². The lowest BCUT2D eigenvalue weighted by Gasteiger charge is -2.06. The van der Waals surface area contributed by atoms with Crippen molar-refractivity contribution in [2.24, 2.45) is 15.9 Å². The lowest BCUT2D eigenvalue weighted by atomic mass is 10.1. The second-order valence-electron chi connectivity index (χ2n) is 7.40. The molecule has 25 heavy (non-hydrogen) atoms. The van der Waals surface area contributed by atoms with Crippen LogP contribution in [0.2, 0.25) is 0 Å². The first kappa shape index (κ1) is 20.3. The van der Waals surface area contributed by atoms with Crippen molar-refractivity contribution < 1.29 is 9.47 Å². The smallest absolute Gasteiger partial charge is 0.186 e. The van der Waals surface area contributed by atoms with Crippen molar-refractivity contribution in [1.29, 1.82) is 0 Å². The van der Waals surface area contributed by atoms with E-state index >= 15 is 0 Å². The third-order valence-corrected chi connectivity index (χ3v) is 5.21. The molecule has 1 fully saturated rings. The Kier molecular flexibility index (Phi) is 10.7. The van der Waals surface area contributed by atoms with Crippen molar-refractivity contribution in [2.75, 3.05) is 26.3 Å². The molecule has 0 aromatic rings. The molecule has 0 atom stereocenters. The van der Waals surface area contributed by atoms with Crippen LogP contribution in [0.1, 0.15) is 90.4 Å². The molecule has 3 aliphatic rings. The van der Waals surface area contributed by atoms with E-state index in [9.17, 15) is 0 Å². The number of unbranched alkanes of at least 4 members (excludes halogenated alkanes) is 7. The molecule has 0 aromatic carbocycles. The molecule has 1 saturated carbocycles. The van der Waals surface area contributed by atoms with Crippen LogP contribution < -0.4 is 0 Å². The van der Waals surface area contributed by atoms with Gasteiger partial charge in [0, 0.05) is 12.3 Å². The third kappa shape index (κ3) is 8.73. The van der Waals surface area contributed by atoms with Crippen LogP contribution in [-0.4, -0.2) is 38.1 Å². The van der Waals surface area contributed by atoms with Gasteiger partial charge < -0.3 is 9.47 Å². The molecule has 0 spiro atoms. The maximum absolute atomic E-state index is 5.39. The molecule has 0 unspecified atom stereocenters. The summed E-state index contributed by atoms with van der Waals surface area (Å²) in [5, 5.41) is 0. The quantitative estimate of drug-likeness (QED) is 0.485. The molecule has 4 heteroatoms. The average Bonchev–Trinajstić information content (AvgIpc) is 3.40. The summed E-state index contributed by atoms with van der Waals surface area (Å²) in [6.45, 7) is 5.68. The van der Waals surface area contributed by atoms with Gasteiger partial charge in [-0.25, -0.2) is 0 Å². The predicted molar refractivity (Wildman–Crippen MR) is 106 cm³/mol. The normalized spacial score (nSPS) is 19.7. The molecule has 1 aliphatic carbocycles. The summed E-state index contributed by atoms with van der Waals surface area (Å²) in [6.07, 6.45) is 17.4. The van der Waals surface area contributed by atoms with Crippen LogP contribution in [0.4, 0.5) is 0 Å². The van der Waals surface area contributed by atoms with E-state index in [1.807, 2.05) is 0 Å². The number of nitrogens with zero attached hydrogens (tertiary/aromatic N) is 2. The van der Waals surface area contributed by atoms with Gasteiger partial charge in [0.1, 0.15) is 13.2 Å². The zero-order chi connectivity index (χ0) is 17.6. The standard InChI is InChI=1S/C13H25NO.C8H13NO/c1-2-3-4-5-6-7-8-9-10-13-14-11-12-15-13;1-2-4-7(3-1)8-9-5-6-10-8/h2-12H2,1H3;7H,1-6H2. The lowest BCUT2D eigenvalue weighted by Crippen LogP contribution is -2.10. The molecule has 144 valence electrons. The molecule has 0 radical (unpaired) electrons. The second-order valence-corrected chi connectivity index (χ2v) is 7.40. The molecule has 0 N–H and O–H groups in total. The van der Waals surface area contributed by atoms with Crippen molar-refractivity contribution in [3.05, 3.63) is 0 Å². The largest absolute Gasteiger partial charge is 0.479 e. The minimum Gasteiger partial charge on any atom is -0.479 e. The fraction of sp³-hybridized carbons (Fsp3) is 0.905. The van der Waals surface area contributed by atoms with Gasteiger partial charge in [-0.05, 0) is 19.3 Å². The van der Waals surface area contributed by atoms with E-state index < -0.39 is 0 Å². The Hall–Kier alpha value is -1.06. The minimum atomic E-state index is 0.683. The second kappa shape index (κ2) is 13.2. The Morgan fingerprint density at radius 2 is 1.44 bits per heavy atom. The van der Waals surface area contributed by atoms with Gasteiger partial charge in [-0.2, -0.15) is 0 Å². The number of hydrogen-bond acceptors (Lipinski definition) is 4. The van der Waals surface area contributed by atoms with Gasteiger partial charge in [-0.3, -0.25) is 9.98 Å². The summed E-state index contributed by atoms with van der Waals surface area (Å²) >= 11 is 0. The first-order valence-electron chi connectivity index (χ1n) is 10.7. The van der Waals surface area contributed by atoms with Gasteiger partial charge in [-0.15, -0.1) is 0 Å². The van der Waals surface area contributed by atoms with E-state index in [1.165, 1.54) is 77.0 Å². The van der Waals surface area contributed by atoms with Crippen molar-refractivity contribution in [1.82, 2.24) is 0 Å². The lowest BCUT2D eigenvalue weighted by molar-refractivity contribution is 0.322. The molecule has 2 heterocycles. The summed E-state index contributed by atoms with van der Waals surface area (Å²) in [5.74, 6) is 2.74. The van der Waals surface area contributed by atoms with E-state index in [4.69, 9.17) is 9.47 Å². The summed E-state index contributed by atoms with van der Waals surface area (Å²) in [6, 6.07) is 0. The first-order valence-corrected chi connectivity index (χ1v) is 10.7. The fourth-order valence-corrected chi connectivity index (χ4v) is 3.71. The van der Waals surface area contributed by atoms with Crippen LogP contribution in [0.5, 0.6) is 0 Å². The highest BCUT2D eigenvalue weighted by Gasteiger charge is 2.23. The van der Waals surface area contributed by atoms with Crippen molar-refractivity contribution >= 4 is 11.8 Å². The number of hydrogen-bond donors (Lipinski definition) is 0. The third-order valence-electron chi connectivity index (χ3n) is 5.21. The minimum absolute atomic E-state index is 0.683. The molecule has 2 aliphatic heterocycles. The molecule has 0 saturated heterocycles. The van der Waals surface area contributed by atoms with Crippen LogP contribution in [0.3, 0.4) is 0 Å². The zero-order valence-corrected chi connectivity index (χ0v) is 16.3. The summed E-state index contributed by atoms with van der Waals surface area (Å²) in [4.78, 5) is 8.60. The first-order chi connectivity index (χ1) is 12.4. The Morgan fingerprint density at radius 1 is 0.800 bits per heavy atom. The van der Waals surface area contributed by atoms with Gasteiger partial charge in [0.2, 0.25) is 0 Å². The number of aliphatic imine (C=N–C) groups is 2. The van der Waals surface area contributed by atoms with Crippen LogP contribution in [-0.2, 0) is 9.47 Å². The van der Waals surface area contributed by atoms with Gasteiger partial charge in [-0.1, -0.05) is 64.7 Å². The monoisotopic (exact) mass is 350 g/mol. The number of rotatable bonds is 10. The Balaban J connectivity index is 0.000000194. The van der Waals surface area contributed by atoms with Crippen molar-refractivity contribution in [3.63, 3.8) is 0 Å². The van der Waals surface area contributed by atoms with E-state index in [2.05, 4.69) is 16.9 Å². The van der Waals surface area contributed by atoms with Crippen molar-refractivity contribution in [2.45, 2.75) is 90.4 Å². The van der Waals surface area contributed by atoms with Crippen LogP contribution in [0.25, 0.3) is 0 Å². The molecule has 0 amide bonds. The van der Waals surface area contributed by atoms with Crippen LogP contribution in [0.15, 0.2) is 9.98 Å². The maximum Gasteiger partial charge on any atom is 0.186 e. The molecule has 0 aromatic heterocycles. The van der Waals surface area contributed by atoms with E-state index in [0.717, 1.165) is 44.5 Å². The maximum atomic E-state index is 5.39. The highest BCUT2D eigenvalue weighted by atomic mass is 16.5. The predicted octanol–water partition coefficient (Wildman–Crippen LogP) is 5.55. The van der Waals surface area contributed by atoms with Crippen LogP contribution >= 0.6 is 0 Å². The molecule has 0 bridgehead atoms. The Bertz CT molecular complexity index is 401. The van der Waals surface area contributed by atoms with Crippen molar-refractivity contribution in [3.8, 4) is 0 Å². The van der Waals surface area contributed by atoms with Gasteiger partial charge in [0.15, 0.2) is 11.8 Å². The Morgan fingerprint density at radius 3 is 2.04 bits per heavy atom. The number of ether oxygens (including phenoxy) is 2. The summed E-state index contributed by atoms with van der Waals surface area (Å²) in [7, 11) is 0. The van der Waals surface area contributed by atoms with Gasteiger partial charge in [0.25, 0.3) is 0 Å². The SMILES string of the molecule is C1CCC(C2=NCCO2)C1.CCCCCCCCCCC1=NCCO1. The van der Waals surface area contributed by atoms with Gasteiger partial charge >= 0.3 is 0 Å². The van der Waals surface area contributed by atoms with E-state index in [-0.39, 0.29) is 0 Å². The molecule has 4 nitrogen and oxygen atoms in total. The van der Waals surface area contributed by atoms with E-state index in [1.54, 1.807) is 0 Å². The van der Waals surface area contributed by atoms with Gasteiger partial charge in [0.05, 0.1) is 13.1 Å². The molecular formula is C21H38N2O2. The highest BCUT2D eigenvalue weighted by Crippen LogP contribution is 2.27. The Labute approximate surface area is 154 Å². The average molecular weight is 351 g/mol. The zero-order valence-electron chi connectivity index (χ0n) is 16.3. The van der Waals surface area contributed by atoms with E-state index in [0.29, 0.717) is 5.92 Å².